The number of ether oxygens (including phenoxy) is 1. The van der Waals surface area contributed by atoms with Crippen molar-refractivity contribution < 1.29 is 27.5 Å². The smallest absolute Gasteiger partial charge is 0.337 e. The van der Waals surface area contributed by atoms with Crippen LogP contribution in [0.25, 0.3) is 10.2 Å². The van der Waals surface area contributed by atoms with Crippen LogP contribution in [-0.2, 0) is 30.7 Å². The van der Waals surface area contributed by atoms with E-state index in [4.69, 9.17) is 4.74 Å². The Morgan fingerprint density at radius 2 is 1.82 bits per heavy atom. The van der Waals surface area contributed by atoms with E-state index in [0.29, 0.717) is 41.8 Å². The molecule has 0 bridgehead atoms. The number of hydrogen-bond acceptors (Lipinski definition) is 7. The molecule has 2 heterocycles. The van der Waals surface area contributed by atoms with E-state index in [9.17, 15) is 22.8 Å². The molecule has 3 rings (SSSR count). The molecular formula is C22H29N3O6S2. The van der Waals surface area contributed by atoms with Crippen LogP contribution in [-0.4, -0.2) is 67.4 Å². The van der Waals surface area contributed by atoms with E-state index in [1.54, 1.807) is 27.7 Å². The lowest BCUT2D eigenvalue weighted by Crippen LogP contribution is -2.45. The fourth-order valence-electron chi connectivity index (χ4n) is 4.23. The zero-order valence-corrected chi connectivity index (χ0v) is 20.9. The highest BCUT2D eigenvalue weighted by molar-refractivity contribution is 7.92. The highest BCUT2D eigenvalue weighted by Gasteiger charge is 2.29. The van der Waals surface area contributed by atoms with Gasteiger partial charge in [0.25, 0.3) is 5.91 Å². The second kappa shape index (κ2) is 10.2. The predicted octanol–water partition coefficient (Wildman–Crippen LogP) is 1.86. The van der Waals surface area contributed by atoms with Crippen molar-refractivity contribution in [2.24, 2.45) is 16.8 Å². The Morgan fingerprint density at radius 1 is 1.15 bits per heavy atom. The molecule has 1 aromatic carbocycles. The maximum Gasteiger partial charge on any atom is 0.337 e. The number of piperidine rings is 1. The molecule has 1 aliphatic rings. The summed E-state index contributed by atoms with van der Waals surface area (Å²) in [7, 11) is -2.66. The first kappa shape index (κ1) is 25.1. The highest BCUT2D eigenvalue weighted by atomic mass is 32.2. The molecule has 33 heavy (non-hydrogen) atoms. The number of amides is 2. The normalized spacial score (nSPS) is 19.6. The number of esters is 1. The van der Waals surface area contributed by atoms with Gasteiger partial charge in [-0.3, -0.25) is 9.59 Å². The van der Waals surface area contributed by atoms with Gasteiger partial charge < -0.3 is 14.2 Å². The molecule has 1 aliphatic heterocycles. The number of thiazole rings is 1. The van der Waals surface area contributed by atoms with E-state index in [1.807, 2.05) is 20.8 Å². The number of nitrogens with zero attached hydrogens (tertiary/aromatic N) is 3. The van der Waals surface area contributed by atoms with Crippen LogP contribution in [0.3, 0.4) is 0 Å². The van der Waals surface area contributed by atoms with Crippen LogP contribution >= 0.6 is 11.3 Å². The van der Waals surface area contributed by atoms with Gasteiger partial charge in [-0.1, -0.05) is 25.2 Å². The number of carbonyl (C=O) groups is 3. The van der Waals surface area contributed by atoms with E-state index in [-0.39, 0.29) is 0 Å². The van der Waals surface area contributed by atoms with Crippen molar-refractivity contribution in [3.8, 4) is 0 Å². The molecule has 1 saturated heterocycles. The zero-order valence-electron chi connectivity index (χ0n) is 19.2. The zero-order chi connectivity index (χ0) is 24.3. The Hall–Kier alpha value is -2.53. The van der Waals surface area contributed by atoms with Gasteiger partial charge >= 0.3 is 5.97 Å². The summed E-state index contributed by atoms with van der Waals surface area (Å²) in [5, 5.41) is 0. The number of rotatable bonds is 6. The molecule has 0 N–H and O–H groups in total. The average molecular weight is 496 g/mol. The first-order valence-electron chi connectivity index (χ1n) is 10.8. The first-order valence-corrected chi connectivity index (χ1v) is 13.4. The van der Waals surface area contributed by atoms with Gasteiger partial charge in [0.15, 0.2) is 14.6 Å². The van der Waals surface area contributed by atoms with Crippen LogP contribution in [0.1, 0.15) is 37.6 Å². The summed E-state index contributed by atoms with van der Waals surface area (Å²) in [4.78, 5) is 42.8. The predicted molar refractivity (Wildman–Crippen MR) is 126 cm³/mol. The van der Waals surface area contributed by atoms with Crippen LogP contribution in [0.4, 0.5) is 0 Å². The second-order valence-corrected chi connectivity index (χ2v) is 11.7. The van der Waals surface area contributed by atoms with Crippen LogP contribution < -0.4 is 4.80 Å². The minimum Gasteiger partial charge on any atom is -0.465 e. The number of likely N-dealkylation sites (tertiary alicyclic amines) is 1. The van der Waals surface area contributed by atoms with Crippen molar-refractivity contribution in [2.75, 3.05) is 31.7 Å². The number of hydrogen-bond donors (Lipinski definition) is 0. The number of fused-ring (bicyclic) bond motifs is 1. The third-order valence-corrected chi connectivity index (χ3v) is 7.96. The fraction of sp³-hybridized carbons (Fsp3) is 0.545. The molecule has 1 aromatic heterocycles. The number of sulfone groups is 1. The Bertz CT molecular complexity index is 1230. The molecule has 0 spiro atoms. The molecule has 1 fully saturated rings. The lowest BCUT2D eigenvalue weighted by Gasteiger charge is -2.34. The maximum absolute atomic E-state index is 12.5. The summed E-state index contributed by atoms with van der Waals surface area (Å²) >= 11 is 1.18. The topological polar surface area (TPSA) is 115 Å². The van der Waals surface area contributed by atoms with Crippen molar-refractivity contribution in [1.29, 1.82) is 0 Å². The van der Waals surface area contributed by atoms with Gasteiger partial charge in [0.1, 0.15) is 11.5 Å². The van der Waals surface area contributed by atoms with E-state index < -0.39 is 39.1 Å². The minimum absolute atomic E-state index is 0.314. The quantitative estimate of drug-likeness (QED) is 0.565. The Labute approximate surface area is 197 Å². The molecule has 2 amide bonds. The molecule has 11 heteroatoms. The summed E-state index contributed by atoms with van der Waals surface area (Å²) in [6.45, 7) is 7.51. The molecule has 0 saturated carbocycles. The fourth-order valence-corrected chi connectivity index (χ4v) is 6.49. The van der Waals surface area contributed by atoms with Crippen molar-refractivity contribution in [1.82, 2.24) is 9.47 Å². The molecular weight excluding hydrogens is 466 g/mol. The molecule has 0 radical (unpaired) electrons. The summed E-state index contributed by atoms with van der Waals surface area (Å²) in [6, 6.07) is 5.01. The van der Waals surface area contributed by atoms with Crippen LogP contribution in [0.15, 0.2) is 23.2 Å². The SMILES string of the molecule is CCn1c(=NC(=O)CS(=O)(=O)CC(=O)N2CC(C)CC(C)C2)sc2cc(C(=O)OC)ccc21. The van der Waals surface area contributed by atoms with Gasteiger partial charge in [0.2, 0.25) is 5.91 Å². The monoisotopic (exact) mass is 495 g/mol. The Kier molecular flexibility index (Phi) is 7.73. The molecule has 2 atom stereocenters. The van der Waals surface area contributed by atoms with Gasteiger partial charge in [-0.15, -0.1) is 0 Å². The second-order valence-electron chi connectivity index (χ2n) is 8.59. The number of benzene rings is 1. The Morgan fingerprint density at radius 3 is 2.42 bits per heavy atom. The van der Waals surface area contributed by atoms with E-state index in [0.717, 1.165) is 16.6 Å². The molecule has 2 aromatic rings. The van der Waals surface area contributed by atoms with Crippen LogP contribution in [0.5, 0.6) is 0 Å². The van der Waals surface area contributed by atoms with Gasteiger partial charge in [-0.25, -0.2) is 13.2 Å². The number of aryl methyl sites for hydroxylation is 1. The average Bonchev–Trinajstić information content (AvgIpc) is 3.07. The third kappa shape index (κ3) is 6.08. The molecule has 9 nitrogen and oxygen atoms in total. The van der Waals surface area contributed by atoms with Gasteiger partial charge in [0.05, 0.1) is 22.9 Å². The lowest BCUT2D eigenvalue weighted by molar-refractivity contribution is -0.131. The van der Waals surface area contributed by atoms with Crippen molar-refractivity contribution in [2.45, 2.75) is 33.7 Å². The summed E-state index contributed by atoms with van der Waals surface area (Å²) in [5.74, 6) is -2.67. The number of carbonyl (C=O) groups excluding carboxylic acids is 3. The van der Waals surface area contributed by atoms with Gasteiger partial charge in [-0.05, 0) is 43.4 Å². The molecule has 2 unspecified atom stereocenters. The van der Waals surface area contributed by atoms with Crippen molar-refractivity contribution >= 4 is 49.2 Å². The number of aromatic nitrogens is 1. The largest absolute Gasteiger partial charge is 0.465 e. The standard InChI is InChI=1S/C22H29N3O6S2/c1-5-25-17-7-6-16(21(28)31-4)9-18(17)32-22(25)23-19(26)12-33(29,30)13-20(27)24-10-14(2)8-15(3)11-24/h6-7,9,14-15H,5,8,10-13H2,1-4H3. The molecule has 0 aliphatic carbocycles. The summed E-state index contributed by atoms with van der Waals surface area (Å²) in [6.07, 6.45) is 1.00. The maximum atomic E-state index is 12.5. The minimum atomic E-state index is -3.96. The van der Waals surface area contributed by atoms with Gasteiger partial charge in [0, 0.05) is 19.6 Å². The highest BCUT2D eigenvalue weighted by Crippen LogP contribution is 2.22. The molecule has 180 valence electrons. The van der Waals surface area contributed by atoms with Crippen LogP contribution in [0, 0.1) is 11.8 Å². The Balaban J connectivity index is 1.78. The summed E-state index contributed by atoms with van der Waals surface area (Å²) in [5.41, 5.74) is 1.14. The van der Waals surface area contributed by atoms with Gasteiger partial charge in [-0.2, -0.15) is 4.99 Å². The summed E-state index contributed by atoms with van der Waals surface area (Å²) < 4.78 is 32.3. The van der Waals surface area contributed by atoms with E-state index in [2.05, 4.69) is 4.99 Å². The number of methoxy groups -OCH3 is 1. The van der Waals surface area contributed by atoms with Crippen LogP contribution in [0.2, 0.25) is 0 Å². The lowest BCUT2D eigenvalue weighted by atomic mass is 9.92. The first-order chi connectivity index (χ1) is 15.5. The van der Waals surface area contributed by atoms with Crippen molar-refractivity contribution in [3.05, 3.63) is 28.6 Å². The van der Waals surface area contributed by atoms with E-state index in [1.165, 1.54) is 18.4 Å². The van der Waals surface area contributed by atoms with Crippen molar-refractivity contribution in [3.63, 3.8) is 0 Å². The third-order valence-electron chi connectivity index (χ3n) is 5.55. The van der Waals surface area contributed by atoms with E-state index >= 15 is 0 Å².